The molecule has 4 aromatic rings. The van der Waals surface area contributed by atoms with Crippen molar-refractivity contribution >= 4 is 35.0 Å². The van der Waals surface area contributed by atoms with E-state index in [1.165, 1.54) is 43.9 Å². The van der Waals surface area contributed by atoms with E-state index in [2.05, 4.69) is 41.0 Å². The fourth-order valence-electron chi connectivity index (χ4n) is 3.52. The van der Waals surface area contributed by atoms with Crippen molar-refractivity contribution in [3.05, 3.63) is 101 Å². The molecule has 0 unspecified atom stereocenters. The molecule has 0 aliphatic carbocycles. The van der Waals surface area contributed by atoms with E-state index in [9.17, 15) is 9.18 Å². The summed E-state index contributed by atoms with van der Waals surface area (Å²) in [6.07, 6.45) is 4.79. The first-order chi connectivity index (χ1) is 20.0. The van der Waals surface area contributed by atoms with E-state index < -0.39 is 11.7 Å². The Morgan fingerprint density at radius 2 is 2.00 bits per heavy atom. The zero-order chi connectivity index (χ0) is 29.0. The molecule has 2 aromatic carbocycles. The third-order valence-corrected chi connectivity index (χ3v) is 5.68. The molecule has 11 nitrogen and oxygen atoms in total. The molecule has 208 valence electrons. The fourth-order valence-corrected chi connectivity index (χ4v) is 3.69. The third-order valence-electron chi connectivity index (χ3n) is 5.45. The number of hydrogen-bond acceptors (Lipinski definition) is 8. The highest BCUT2D eigenvalue weighted by molar-refractivity contribution is 6.30. The van der Waals surface area contributed by atoms with Crippen molar-refractivity contribution in [2.24, 2.45) is 4.99 Å². The number of aliphatic imine (C=N–C) groups is 1. The van der Waals surface area contributed by atoms with Crippen LogP contribution in [0.4, 0.5) is 15.9 Å². The zero-order valence-corrected chi connectivity index (χ0v) is 22.5. The molecule has 0 fully saturated rings. The van der Waals surface area contributed by atoms with Crippen LogP contribution in [0, 0.1) is 12.4 Å². The Morgan fingerprint density at radius 3 is 2.78 bits per heavy atom. The van der Waals surface area contributed by atoms with Gasteiger partial charge in [0.2, 0.25) is 0 Å². The summed E-state index contributed by atoms with van der Waals surface area (Å²) in [7, 11) is 1.44. The van der Waals surface area contributed by atoms with Gasteiger partial charge in [-0.05, 0) is 48.2 Å². The van der Waals surface area contributed by atoms with Crippen LogP contribution in [0.2, 0.25) is 5.02 Å². The Balaban J connectivity index is 1.42. The quantitative estimate of drug-likeness (QED) is 0.0788. The van der Waals surface area contributed by atoms with Crippen molar-refractivity contribution in [1.29, 1.82) is 0 Å². The van der Waals surface area contributed by atoms with E-state index in [0.29, 0.717) is 36.0 Å². The van der Waals surface area contributed by atoms with E-state index in [-0.39, 0.29) is 34.5 Å². The second-order valence-corrected chi connectivity index (χ2v) is 8.65. The highest BCUT2D eigenvalue weighted by Gasteiger charge is 2.17. The number of carbonyl (C=O) groups excluding carboxylic acids is 1. The molecule has 3 N–H and O–H groups in total. The Kier molecular flexibility index (Phi) is 9.95. The lowest BCUT2D eigenvalue weighted by molar-refractivity contribution is 0.0954. The van der Waals surface area contributed by atoms with Crippen molar-refractivity contribution < 1.29 is 18.7 Å². The Labute approximate surface area is 240 Å². The number of nitrogens with zero attached hydrogens (tertiary/aromatic N) is 5. The van der Waals surface area contributed by atoms with Gasteiger partial charge in [-0.1, -0.05) is 29.8 Å². The van der Waals surface area contributed by atoms with Crippen LogP contribution in [0.1, 0.15) is 16.8 Å². The van der Waals surface area contributed by atoms with Gasteiger partial charge < -0.3 is 20.1 Å². The number of aromatic nitrogens is 3. The third kappa shape index (κ3) is 7.87. The molecule has 0 saturated carbocycles. The first-order valence-electron chi connectivity index (χ1n) is 12.2. The summed E-state index contributed by atoms with van der Waals surface area (Å²) in [4.78, 5) is 33.0. The van der Waals surface area contributed by atoms with Crippen LogP contribution in [0.15, 0.2) is 78.2 Å². The summed E-state index contributed by atoms with van der Waals surface area (Å²) in [5.41, 5.74) is 3.14. The summed E-state index contributed by atoms with van der Waals surface area (Å²) in [5.74, 6) is 0.180. The van der Waals surface area contributed by atoms with Crippen LogP contribution in [0.25, 0.3) is 16.3 Å². The van der Waals surface area contributed by atoms with E-state index in [1.807, 2.05) is 6.07 Å². The van der Waals surface area contributed by atoms with Gasteiger partial charge in [0.25, 0.3) is 5.91 Å². The maximum absolute atomic E-state index is 14.4. The molecule has 41 heavy (non-hydrogen) atoms. The van der Waals surface area contributed by atoms with E-state index in [4.69, 9.17) is 27.6 Å². The van der Waals surface area contributed by atoms with Crippen LogP contribution in [-0.2, 0) is 0 Å². The molecule has 0 radical (unpaired) electrons. The number of ether oxygens (including phenoxy) is 2. The maximum Gasteiger partial charge on any atom is 0.358 e. The lowest BCUT2D eigenvalue weighted by Crippen LogP contribution is -2.27. The second-order valence-electron chi connectivity index (χ2n) is 8.22. The minimum absolute atomic E-state index is 0.0621. The normalized spacial score (nSPS) is 10.8. The number of halogens is 2. The smallest absolute Gasteiger partial charge is 0.358 e. The summed E-state index contributed by atoms with van der Waals surface area (Å²) < 4.78 is 25.4. The second kappa shape index (κ2) is 14.2. The SMILES string of the molecule is [C-]#[N+]NC(=NCCCNC(=O)c1cnccc1Nc1nc(-c2cc(Cl)ccc2F)ncc1OC)Oc1ccccc1. The van der Waals surface area contributed by atoms with Crippen molar-refractivity contribution in [3.8, 4) is 22.9 Å². The van der Waals surface area contributed by atoms with Crippen molar-refractivity contribution in [2.45, 2.75) is 6.42 Å². The number of benzene rings is 2. The molecule has 0 aliphatic rings. The van der Waals surface area contributed by atoms with Gasteiger partial charge in [-0.25, -0.2) is 19.4 Å². The van der Waals surface area contributed by atoms with Crippen LogP contribution in [0.5, 0.6) is 11.5 Å². The minimum atomic E-state index is -0.539. The number of amides is 1. The largest absolute Gasteiger partial charge is 0.491 e. The predicted octanol–water partition coefficient (Wildman–Crippen LogP) is 5.06. The number of rotatable bonds is 10. The molecule has 0 bridgehead atoms. The van der Waals surface area contributed by atoms with Gasteiger partial charge >= 0.3 is 6.02 Å². The topological polar surface area (TPSA) is 127 Å². The molecule has 2 heterocycles. The Hall–Kier alpha value is -5.28. The molecular formula is C28H24ClFN8O3. The monoisotopic (exact) mass is 574 g/mol. The van der Waals surface area contributed by atoms with Gasteiger partial charge in [0.05, 0.1) is 30.1 Å². The van der Waals surface area contributed by atoms with Gasteiger partial charge in [0.15, 0.2) is 17.4 Å². The van der Waals surface area contributed by atoms with E-state index >= 15 is 0 Å². The number of nitrogens with one attached hydrogen (secondary N) is 3. The Morgan fingerprint density at radius 1 is 1.17 bits per heavy atom. The van der Waals surface area contributed by atoms with Gasteiger partial charge in [-0.3, -0.25) is 9.78 Å². The van der Waals surface area contributed by atoms with Gasteiger partial charge in [0, 0.05) is 30.5 Å². The van der Waals surface area contributed by atoms with E-state index in [0.717, 1.165) is 0 Å². The van der Waals surface area contributed by atoms with Crippen LogP contribution in [0.3, 0.4) is 0 Å². The first-order valence-corrected chi connectivity index (χ1v) is 12.6. The number of amidine groups is 1. The molecule has 1 amide bonds. The van der Waals surface area contributed by atoms with Gasteiger partial charge in [-0.15, -0.1) is 0 Å². The molecule has 4 rings (SSSR count). The molecular weight excluding hydrogens is 551 g/mol. The average molecular weight is 575 g/mol. The Bertz CT molecular complexity index is 1580. The van der Waals surface area contributed by atoms with Crippen LogP contribution in [-0.4, -0.2) is 47.1 Å². The standard InChI is InChI=1S/C28H24ClFN8O3/c1-31-38-28(41-19-7-4-3-5-8-19)34-13-6-12-33-27(39)21-16-32-14-11-23(21)36-26-24(40-2)17-35-25(37-26)20-15-18(29)9-10-22(20)30/h3-5,7-11,14-17H,6,12-13H2,2H3,(H,33,39)(H,34,38)(H,32,35,36,37). The number of carbonyl (C=O) groups is 1. The number of methoxy groups -OCH3 is 1. The van der Waals surface area contributed by atoms with Crippen LogP contribution >= 0.6 is 11.6 Å². The summed E-state index contributed by atoms with van der Waals surface area (Å²) in [6, 6.07) is 14.7. The summed E-state index contributed by atoms with van der Waals surface area (Å²) in [6.45, 7) is 7.60. The molecule has 0 spiro atoms. The molecule has 0 atom stereocenters. The molecule has 13 heteroatoms. The molecule has 0 aliphatic heterocycles. The highest BCUT2D eigenvalue weighted by Crippen LogP contribution is 2.30. The summed E-state index contributed by atoms with van der Waals surface area (Å²) in [5, 5.41) is 6.22. The average Bonchev–Trinajstić information content (AvgIpc) is 2.99. The number of hydrogen-bond donors (Lipinski definition) is 3. The van der Waals surface area contributed by atoms with E-state index in [1.54, 1.807) is 30.3 Å². The van der Waals surface area contributed by atoms with Crippen LogP contribution < -0.4 is 25.5 Å². The summed E-state index contributed by atoms with van der Waals surface area (Å²) >= 11 is 6.03. The minimum Gasteiger partial charge on any atom is -0.491 e. The number of para-hydroxylation sites is 1. The fraction of sp³-hybridized carbons (Fsp3) is 0.143. The van der Waals surface area contributed by atoms with Gasteiger partial charge in [-0.2, -0.15) is 11.5 Å². The van der Waals surface area contributed by atoms with Gasteiger partial charge in [0.1, 0.15) is 11.6 Å². The predicted molar refractivity (Wildman–Crippen MR) is 153 cm³/mol. The maximum atomic E-state index is 14.4. The zero-order valence-electron chi connectivity index (χ0n) is 21.8. The van der Waals surface area contributed by atoms with Crippen molar-refractivity contribution in [2.75, 3.05) is 25.5 Å². The molecule has 0 saturated heterocycles. The number of pyridine rings is 1. The highest BCUT2D eigenvalue weighted by atomic mass is 35.5. The lowest BCUT2D eigenvalue weighted by atomic mass is 10.2. The van der Waals surface area contributed by atoms with Crippen molar-refractivity contribution in [3.63, 3.8) is 0 Å². The first kappa shape index (κ1) is 28.7. The lowest BCUT2D eigenvalue weighted by Gasteiger charge is -2.14. The van der Waals surface area contributed by atoms with Crippen molar-refractivity contribution in [1.82, 2.24) is 25.7 Å². The number of anilines is 2. The molecule has 2 aromatic heterocycles.